The van der Waals surface area contributed by atoms with Gasteiger partial charge in [0.15, 0.2) is 0 Å². The van der Waals surface area contributed by atoms with E-state index in [1.54, 1.807) is 56.3 Å². The van der Waals surface area contributed by atoms with Crippen LogP contribution in [-0.4, -0.2) is 11.1 Å². The van der Waals surface area contributed by atoms with Crippen LogP contribution in [0, 0.1) is 5.82 Å². The highest BCUT2D eigenvalue weighted by Crippen LogP contribution is 2.29. The zero-order valence-corrected chi connectivity index (χ0v) is 10.9. The Balaban J connectivity index is 2.52. The van der Waals surface area contributed by atoms with Crippen LogP contribution >= 0.6 is 0 Å². The second-order valence-corrected chi connectivity index (χ2v) is 4.99. The third kappa shape index (κ3) is 2.50. The van der Waals surface area contributed by atoms with Crippen LogP contribution in [0.5, 0.6) is 0 Å². The quantitative estimate of drug-likeness (QED) is 0.907. The van der Waals surface area contributed by atoms with Crippen molar-refractivity contribution in [3.63, 3.8) is 0 Å². The highest BCUT2D eigenvalue weighted by molar-refractivity contribution is 5.81. The van der Waals surface area contributed by atoms with E-state index in [1.807, 2.05) is 0 Å². The highest BCUT2D eigenvalue weighted by atomic mass is 19.1. The van der Waals surface area contributed by atoms with Crippen LogP contribution in [0.25, 0.3) is 11.1 Å². The van der Waals surface area contributed by atoms with Gasteiger partial charge in [-0.3, -0.25) is 4.79 Å². The molecular weight excluding hydrogens is 243 g/mol. The van der Waals surface area contributed by atoms with Gasteiger partial charge in [-0.25, -0.2) is 4.39 Å². The van der Waals surface area contributed by atoms with Crippen molar-refractivity contribution in [2.45, 2.75) is 19.3 Å². The maximum atomic E-state index is 13.7. The van der Waals surface area contributed by atoms with Crippen molar-refractivity contribution < 1.29 is 14.3 Å². The zero-order valence-electron chi connectivity index (χ0n) is 10.9. The third-order valence-electron chi connectivity index (χ3n) is 3.30. The summed E-state index contributed by atoms with van der Waals surface area (Å²) in [5.41, 5.74) is 0.817. The predicted octanol–water partition coefficient (Wildman–Crippen LogP) is 3.85. The van der Waals surface area contributed by atoms with Crippen molar-refractivity contribution >= 4 is 5.97 Å². The Morgan fingerprint density at radius 2 is 1.79 bits per heavy atom. The smallest absolute Gasteiger partial charge is 0.313 e. The molecular formula is C16H15FO2. The number of carboxylic acids is 1. The van der Waals surface area contributed by atoms with Gasteiger partial charge in [0.25, 0.3) is 0 Å². The SMILES string of the molecule is CC(C)(C(=O)O)c1cccc(-c2ccccc2F)c1. The van der Waals surface area contributed by atoms with Crippen LogP contribution in [0.1, 0.15) is 19.4 Å². The molecule has 2 nitrogen and oxygen atoms in total. The summed E-state index contributed by atoms with van der Waals surface area (Å²) in [6.07, 6.45) is 0. The second kappa shape index (κ2) is 4.84. The van der Waals surface area contributed by atoms with E-state index < -0.39 is 11.4 Å². The van der Waals surface area contributed by atoms with Crippen molar-refractivity contribution in [3.05, 3.63) is 59.9 Å². The normalized spacial score (nSPS) is 11.3. The molecule has 0 unspecified atom stereocenters. The number of carboxylic acid groups (broad SMARTS) is 1. The molecule has 0 atom stereocenters. The van der Waals surface area contributed by atoms with Gasteiger partial charge >= 0.3 is 5.97 Å². The zero-order chi connectivity index (χ0) is 14.0. The monoisotopic (exact) mass is 258 g/mol. The lowest BCUT2D eigenvalue weighted by atomic mass is 9.83. The average molecular weight is 258 g/mol. The minimum atomic E-state index is -0.999. The largest absolute Gasteiger partial charge is 0.481 e. The second-order valence-electron chi connectivity index (χ2n) is 4.99. The lowest BCUT2D eigenvalue weighted by molar-refractivity contribution is -0.142. The number of hydrogen-bond acceptors (Lipinski definition) is 1. The van der Waals surface area contributed by atoms with Crippen LogP contribution in [0.3, 0.4) is 0 Å². The van der Waals surface area contributed by atoms with Crippen molar-refractivity contribution in [1.82, 2.24) is 0 Å². The van der Waals surface area contributed by atoms with Crippen molar-refractivity contribution in [2.75, 3.05) is 0 Å². The summed E-state index contributed by atoms with van der Waals surface area (Å²) in [4.78, 5) is 11.3. The van der Waals surface area contributed by atoms with E-state index in [2.05, 4.69) is 0 Å². The minimum absolute atomic E-state index is 0.312. The third-order valence-corrected chi connectivity index (χ3v) is 3.30. The maximum Gasteiger partial charge on any atom is 0.313 e. The standard InChI is InChI=1S/C16H15FO2/c1-16(2,15(18)19)12-7-5-6-11(10-12)13-8-3-4-9-14(13)17/h3-10H,1-2H3,(H,18,19). The molecule has 0 radical (unpaired) electrons. The van der Waals surface area contributed by atoms with E-state index in [-0.39, 0.29) is 5.82 Å². The fourth-order valence-electron chi connectivity index (χ4n) is 1.89. The predicted molar refractivity (Wildman–Crippen MR) is 72.5 cm³/mol. The van der Waals surface area contributed by atoms with Crippen LogP contribution < -0.4 is 0 Å². The van der Waals surface area contributed by atoms with Gasteiger partial charge in [0, 0.05) is 5.56 Å². The molecule has 0 amide bonds. The first-order chi connectivity index (χ1) is 8.93. The van der Waals surface area contributed by atoms with Crippen molar-refractivity contribution in [2.24, 2.45) is 0 Å². The summed E-state index contributed by atoms with van der Waals surface area (Å²) < 4.78 is 13.7. The molecule has 3 heteroatoms. The summed E-state index contributed by atoms with van der Waals surface area (Å²) in [5, 5.41) is 9.24. The molecule has 0 bridgehead atoms. The van der Waals surface area contributed by atoms with Gasteiger partial charge in [-0.15, -0.1) is 0 Å². The van der Waals surface area contributed by atoms with Gasteiger partial charge in [0.05, 0.1) is 5.41 Å². The van der Waals surface area contributed by atoms with Gasteiger partial charge in [0.1, 0.15) is 5.82 Å². The lowest BCUT2D eigenvalue weighted by Crippen LogP contribution is -2.28. The Labute approximate surface area is 111 Å². The van der Waals surface area contributed by atoms with E-state index in [1.165, 1.54) is 6.07 Å². The highest BCUT2D eigenvalue weighted by Gasteiger charge is 2.29. The van der Waals surface area contributed by atoms with Crippen LogP contribution in [-0.2, 0) is 10.2 Å². The molecule has 0 aliphatic heterocycles. The first kappa shape index (κ1) is 13.3. The van der Waals surface area contributed by atoms with E-state index >= 15 is 0 Å². The molecule has 0 spiro atoms. The maximum absolute atomic E-state index is 13.7. The molecule has 0 heterocycles. The Morgan fingerprint density at radius 1 is 1.11 bits per heavy atom. The van der Waals surface area contributed by atoms with Gasteiger partial charge in [0.2, 0.25) is 0 Å². The molecule has 0 fully saturated rings. The summed E-state index contributed by atoms with van der Waals surface area (Å²) in [6.45, 7) is 3.27. The van der Waals surface area contributed by atoms with Crippen molar-refractivity contribution in [3.8, 4) is 11.1 Å². The lowest BCUT2D eigenvalue weighted by Gasteiger charge is -2.20. The molecule has 98 valence electrons. The molecule has 19 heavy (non-hydrogen) atoms. The number of aliphatic carboxylic acids is 1. The Kier molecular flexibility index (Phi) is 3.38. The number of carbonyl (C=O) groups is 1. The van der Waals surface area contributed by atoms with Crippen molar-refractivity contribution in [1.29, 1.82) is 0 Å². The Morgan fingerprint density at radius 3 is 2.42 bits per heavy atom. The number of halogens is 1. The van der Waals surface area contributed by atoms with E-state index in [0.717, 1.165) is 0 Å². The molecule has 0 aromatic heterocycles. The van der Waals surface area contributed by atoms with Gasteiger partial charge < -0.3 is 5.11 Å². The fourth-order valence-corrected chi connectivity index (χ4v) is 1.89. The van der Waals surface area contributed by atoms with Gasteiger partial charge in [-0.05, 0) is 37.1 Å². The first-order valence-corrected chi connectivity index (χ1v) is 6.02. The summed E-state index contributed by atoms with van der Waals surface area (Å²) in [7, 11) is 0. The molecule has 1 N–H and O–H groups in total. The fraction of sp³-hybridized carbons (Fsp3) is 0.188. The van der Waals surface area contributed by atoms with Crippen LogP contribution in [0.2, 0.25) is 0 Å². The Bertz CT molecular complexity index is 618. The first-order valence-electron chi connectivity index (χ1n) is 6.02. The molecule has 0 saturated carbocycles. The summed E-state index contributed by atoms with van der Waals surface area (Å²) in [5.74, 6) is -1.22. The topological polar surface area (TPSA) is 37.3 Å². The Hall–Kier alpha value is -2.16. The van der Waals surface area contributed by atoms with Gasteiger partial charge in [-0.2, -0.15) is 0 Å². The number of rotatable bonds is 3. The molecule has 0 aliphatic carbocycles. The number of benzene rings is 2. The number of hydrogen-bond donors (Lipinski definition) is 1. The molecule has 2 aromatic carbocycles. The molecule has 2 aromatic rings. The molecule has 0 saturated heterocycles. The molecule has 2 rings (SSSR count). The van der Waals surface area contributed by atoms with Crippen LogP contribution in [0.15, 0.2) is 48.5 Å². The van der Waals surface area contributed by atoms with Gasteiger partial charge in [-0.1, -0.05) is 36.4 Å². The molecule has 0 aliphatic rings. The summed E-state index contributed by atoms with van der Waals surface area (Å²) in [6, 6.07) is 13.5. The van der Waals surface area contributed by atoms with E-state index in [4.69, 9.17) is 0 Å². The minimum Gasteiger partial charge on any atom is -0.481 e. The van der Waals surface area contributed by atoms with Crippen LogP contribution in [0.4, 0.5) is 4.39 Å². The van der Waals surface area contributed by atoms with E-state index in [9.17, 15) is 14.3 Å². The van der Waals surface area contributed by atoms with E-state index in [0.29, 0.717) is 16.7 Å². The summed E-state index contributed by atoms with van der Waals surface area (Å²) >= 11 is 0. The average Bonchev–Trinajstić information content (AvgIpc) is 2.39.